The highest BCUT2D eigenvalue weighted by molar-refractivity contribution is 7.17. The number of pyridine rings is 2. The van der Waals surface area contributed by atoms with Crippen molar-refractivity contribution in [2.45, 2.75) is 51.9 Å². The van der Waals surface area contributed by atoms with Crippen molar-refractivity contribution in [2.24, 2.45) is 0 Å². The molecule has 1 atom stereocenters. The Kier molecular flexibility index (Phi) is 9.43. The van der Waals surface area contributed by atoms with E-state index in [0.29, 0.717) is 37.9 Å². The van der Waals surface area contributed by atoms with Crippen LogP contribution in [-0.2, 0) is 4.43 Å². The molecule has 0 saturated carbocycles. The van der Waals surface area contributed by atoms with E-state index in [2.05, 4.69) is 59.3 Å². The molecule has 3 aromatic heterocycles. The molecule has 0 saturated heterocycles. The Morgan fingerprint density at radius 3 is 2.51 bits per heavy atom. The van der Waals surface area contributed by atoms with Crippen LogP contribution in [0.3, 0.4) is 0 Å². The molecule has 216 valence electrons. The Hall–Kier alpha value is -3.38. The lowest BCUT2D eigenvalue weighted by atomic mass is 9.99. The fraction of sp³-hybridized carbons (Fsp3) is 0.345. The predicted octanol–water partition coefficient (Wildman–Crippen LogP) is 7.36. The number of aryl methyl sites for hydroxylation is 1. The number of benzene rings is 1. The largest absolute Gasteiger partial charge is 0.496 e. The summed E-state index contributed by atoms with van der Waals surface area (Å²) in [7, 11) is -0.561. The number of amides is 1. The van der Waals surface area contributed by atoms with Crippen LogP contribution in [0.25, 0.3) is 11.1 Å². The first kappa shape index (κ1) is 30.6. The van der Waals surface area contributed by atoms with Crippen molar-refractivity contribution in [3.63, 3.8) is 0 Å². The van der Waals surface area contributed by atoms with Gasteiger partial charge in [-0.2, -0.15) is 0 Å². The first-order valence-corrected chi connectivity index (χ1v) is 17.1. The molecule has 0 unspecified atom stereocenters. The summed E-state index contributed by atoms with van der Waals surface area (Å²) in [4.78, 5) is 22.1. The average molecular weight is 612 g/mol. The fourth-order valence-electron chi connectivity index (χ4n) is 3.75. The van der Waals surface area contributed by atoms with Crippen molar-refractivity contribution in [3.8, 4) is 22.1 Å². The van der Waals surface area contributed by atoms with Gasteiger partial charge < -0.3 is 13.9 Å². The summed E-state index contributed by atoms with van der Waals surface area (Å²) < 4.78 is 18.2. The molecule has 0 bridgehead atoms. The number of carbonyl (C=O) groups is 1. The van der Waals surface area contributed by atoms with E-state index in [-0.39, 0.29) is 17.6 Å². The van der Waals surface area contributed by atoms with Crippen LogP contribution >= 0.6 is 22.9 Å². The van der Waals surface area contributed by atoms with Crippen molar-refractivity contribution >= 4 is 42.3 Å². The molecule has 0 aliphatic heterocycles. The first-order chi connectivity index (χ1) is 19.4. The van der Waals surface area contributed by atoms with Gasteiger partial charge in [0.2, 0.25) is 5.13 Å². The standard InChI is InChI=1S/C29H34ClN5O4SSi/c1-18-14-21(20-10-8-9-11-24(20)37-5)22(16-31-18)26(36)33-27-34-35-28(40-27)38-17-25(23-13-12-19(30)15-32-23)39-41(6,7)29(2,3)4/h8-16,25H,17H2,1-7H3,(H,33,34,36)/t25-/m1/s1. The number of hydrogen-bond donors (Lipinski definition) is 1. The van der Waals surface area contributed by atoms with Gasteiger partial charge in [0, 0.05) is 29.2 Å². The topological polar surface area (TPSA) is 108 Å². The molecule has 1 N–H and O–H groups in total. The van der Waals surface area contributed by atoms with E-state index < -0.39 is 14.4 Å². The van der Waals surface area contributed by atoms with Gasteiger partial charge in [0.15, 0.2) is 8.32 Å². The van der Waals surface area contributed by atoms with Gasteiger partial charge in [-0.05, 0) is 60.7 Å². The average Bonchev–Trinajstić information content (AvgIpc) is 3.37. The van der Waals surface area contributed by atoms with E-state index in [1.165, 1.54) is 0 Å². The summed E-state index contributed by atoms with van der Waals surface area (Å²) in [5, 5.41) is 12.2. The molecular weight excluding hydrogens is 578 g/mol. The molecule has 0 aliphatic rings. The molecule has 3 heterocycles. The van der Waals surface area contributed by atoms with Crippen molar-refractivity contribution in [1.82, 2.24) is 20.2 Å². The van der Waals surface area contributed by atoms with E-state index in [9.17, 15) is 4.79 Å². The lowest BCUT2D eigenvalue weighted by molar-refractivity contribution is 0.102. The molecule has 12 heteroatoms. The van der Waals surface area contributed by atoms with Crippen molar-refractivity contribution in [2.75, 3.05) is 19.0 Å². The molecule has 41 heavy (non-hydrogen) atoms. The fourth-order valence-corrected chi connectivity index (χ4v) is 5.72. The minimum absolute atomic E-state index is 0.00861. The van der Waals surface area contributed by atoms with E-state index >= 15 is 0 Å². The van der Waals surface area contributed by atoms with Gasteiger partial charge >= 0.3 is 0 Å². The maximum Gasteiger partial charge on any atom is 0.295 e. The van der Waals surface area contributed by atoms with E-state index in [1.54, 1.807) is 25.6 Å². The third kappa shape index (κ3) is 7.47. The summed E-state index contributed by atoms with van der Waals surface area (Å²) in [6.45, 7) is 12.9. The van der Waals surface area contributed by atoms with Crippen LogP contribution in [0.5, 0.6) is 10.9 Å². The number of nitrogens with zero attached hydrogens (tertiary/aromatic N) is 4. The Morgan fingerprint density at radius 2 is 1.83 bits per heavy atom. The van der Waals surface area contributed by atoms with Crippen LogP contribution in [0.2, 0.25) is 23.2 Å². The van der Waals surface area contributed by atoms with Crippen LogP contribution in [0.15, 0.2) is 54.9 Å². The molecule has 9 nitrogen and oxygen atoms in total. The third-order valence-electron chi connectivity index (χ3n) is 6.99. The highest BCUT2D eigenvalue weighted by Crippen LogP contribution is 2.40. The van der Waals surface area contributed by atoms with Gasteiger partial charge in [-0.1, -0.05) is 55.7 Å². The number of hydrogen-bond acceptors (Lipinski definition) is 9. The molecule has 0 spiro atoms. The van der Waals surface area contributed by atoms with Crippen LogP contribution < -0.4 is 14.8 Å². The second-order valence-electron chi connectivity index (χ2n) is 11.0. The lowest BCUT2D eigenvalue weighted by Gasteiger charge is -2.38. The minimum Gasteiger partial charge on any atom is -0.496 e. The molecule has 0 fully saturated rings. The van der Waals surface area contributed by atoms with E-state index in [4.69, 9.17) is 25.5 Å². The second-order valence-corrected chi connectivity index (χ2v) is 17.1. The number of methoxy groups -OCH3 is 1. The zero-order valence-corrected chi connectivity index (χ0v) is 26.8. The second kappa shape index (κ2) is 12.6. The van der Waals surface area contributed by atoms with Gasteiger partial charge in [0.05, 0.1) is 23.4 Å². The number of nitrogens with one attached hydrogen (secondary N) is 1. The Balaban J connectivity index is 1.50. The predicted molar refractivity (Wildman–Crippen MR) is 165 cm³/mol. The highest BCUT2D eigenvalue weighted by Gasteiger charge is 2.40. The smallest absolute Gasteiger partial charge is 0.295 e. The highest BCUT2D eigenvalue weighted by atomic mass is 35.5. The third-order valence-corrected chi connectivity index (χ3v) is 12.5. The Bertz CT molecular complexity index is 1510. The van der Waals surface area contributed by atoms with Gasteiger partial charge in [0.1, 0.15) is 18.5 Å². The Morgan fingerprint density at radius 1 is 1.07 bits per heavy atom. The number of halogens is 1. The number of carbonyl (C=O) groups excluding carboxylic acids is 1. The molecular formula is C29H34ClN5O4SSi. The number of ether oxygens (including phenoxy) is 2. The molecule has 1 amide bonds. The van der Waals surface area contributed by atoms with Crippen LogP contribution in [-0.4, -0.2) is 48.1 Å². The van der Waals surface area contributed by atoms with Gasteiger partial charge in [-0.15, -0.1) is 5.10 Å². The molecule has 4 aromatic rings. The summed E-state index contributed by atoms with van der Waals surface area (Å²) in [5.74, 6) is 0.286. The number of anilines is 1. The maximum atomic E-state index is 13.3. The first-order valence-electron chi connectivity index (χ1n) is 13.0. The van der Waals surface area contributed by atoms with Gasteiger partial charge in [-0.3, -0.25) is 20.1 Å². The molecule has 0 aliphatic carbocycles. The monoisotopic (exact) mass is 611 g/mol. The number of para-hydroxylation sites is 1. The SMILES string of the molecule is COc1ccccc1-c1cc(C)ncc1C(=O)Nc1nnc(OC[C@@H](O[Si](C)(C)C(C)(C)C)c2ccc(Cl)cn2)s1. The zero-order chi connectivity index (χ0) is 29.8. The van der Waals surface area contributed by atoms with Crippen molar-refractivity contribution < 1.29 is 18.7 Å². The number of rotatable bonds is 10. The summed E-state index contributed by atoms with van der Waals surface area (Å²) in [6.07, 6.45) is 2.71. The van der Waals surface area contributed by atoms with Crippen LogP contribution in [0, 0.1) is 6.92 Å². The van der Waals surface area contributed by atoms with Crippen LogP contribution in [0.1, 0.15) is 48.6 Å². The molecule has 1 aromatic carbocycles. The molecule has 0 radical (unpaired) electrons. The van der Waals surface area contributed by atoms with E-state index in [1.807, 2.05) is 43.3 Å². The van der Waals surface area contributed by atoms with Crippen LogP contribution in [0.4, 0.5) is 5.13 Å². The molecule has 4 rings (SSSR count). The summed E-state index contributed by atoms with van der Waals surface area (Å²) >= 11 is 7.19. The van der Waals surface area contributed by atoms with Gasteiger partial charge in [-0.25, -0.2) is 0 Å². The van der Waals surface area contributed by atoms with E-state index in [0.717, 1.165) is 22.6 Å². The summed E-state index contributed by atoms with van der Waals surface area (Å²) in [5.41, 5.74) is 3.37. The summed E-state index contributed by atoms with van der Waals surface area (Å²) in [6, 6.07) is 13.0. The van der Waals surface area contributed by atoms with Crippen molar-refractivity contribution in [1.29, 1.82) is 0 Å². The quantitative estimate of drug-likeness (QED) is 0.185. The zero-order valence-electron chi connectivity index (χ0n) is 24.2. The van der Waals surface area contributed by atoms with Crippen molar-refractivity contribution in [3.05, 3.63) is 76.8 Å². The maximum absolute atomic E-state index is 13.3. The lowest BCUT2D eigenvalue weighted by Crippen LogP contribution is -2.43. The van der Waals surface area contributed by atoms with Gasteiger partial charge in [0.25, 0.3) is 11.1 Å². The minimum atomic E-state index is -2.16. The number of aromatic nitrogens is 4. The Labute approximate surface area is 250 Å². The normalized spacial score (nSPS) is 12.6.